The van der Waals surface area contributed by atoms with Crippen molar-refractivity contribution in [1.29, 1.82) is 0 Å². The van der Waals surface area contributed by atoms with E-state index >= 15 is 0 Å². The largest absolute Gasteiger partial charge is 0.381 e. The molecule has 2 saturated heterocycles. The highest BCUT2D eigenvalue weighted by molar-refractivity contribution is 5.56. The Bertz CT molecular complexity index is 1050. The first-order chi connectivity index (χ1) is 15.2. The molecule has 0 radical (unpaired) electrons. The molecule has 2 aliphatic rings. The van der Waals surface area contributed by atoms with Crippen LogP contribution in [-0.4, -0.2) is 56.1 Å². The van der Waals surface area contributed by atoms with Crippen LogP contribution in [0.2, 0.25) is 0 Å². The van der Waals surface area contributed by atoms with Crippen molar-refractivity contribution in [2.24, 2.45) is 5.92 Å². The van der Waals surface area contributed by atoms with E-state index in [0.29, 0.717) is 31.5 Å². The van der Waals surface area contributed by atoms with Gasteiger partial charge < -0.3 is 9.26 Å². The summed E-state index contributed by atoms with van der Waals surface area (Å²) in [5.74, 6) is 2.09. The lowest BCUT2D eigenvalue weighted by Gasteiger charge is -2.31. The summed E-state index contributed by atoms with van der Waals surface area (Å²) < 4.78 is 12.4. The molecule has 0 aliphatic carbocycles. The standard InChI is InChI=1S/C22H26N6O3/c29-21-2-1-19(17-3-8-23-9-4-17)25-28(21)13-16-5-10-27(11-6-16)14-20-24-22(31-26-20)18-7-12-30-15-18/h1-4,8-9,16,18H,5-7,10-15H2. The number of piperidine rings is 1. The van der Waals surface area contributed by atoms with Gasteiger partial charge in [0, 0.05) is 37.2 Å². The van der Waals surface area contributed by atoms with Crippen molar-refractivity contribution in [1.82, 2.24) is 29.8 Å². The normalized spacial score (nSPS) is 20.3. The van der Waals surface area contributed by atoms with Gasteiger partial charge in [0.05, 0.1) is 24.8 Å². The van der Waals surface area contributed by atoms with E-state index in [1.807, 2.05) is 12.1 Å². The molecule has 0 N–H and O–H groups in total. The van der Waals surface area contributed by atoms with Crippen LogP contribution in [0.5, 0.6) is 0 Å². The SMILES string of the molecule is O=c1ccc(-c2ccncc2)nn1CC1CCN(Cc2noc(C3CCOC3)n2)CC1. The van der Waals surface area contributed by atoms with Gasteiger partial charge in [-0.25, -0.2) is 4.68 Å². The summed E-state index contributed by atoms with van der Waals surface area (Å²) in [7, 11) is 0. The van der Waals surface area contributed by atoms with Crippen molar-refractivity contribution in [2.75, 3.05) is 26.3 Å². The van der Waals surface area contributed by atoms with Crippen LogP contribution in [0.15, 0.2) is 46.0 Å². The highest BCUT2D eigenvalue weighted by atomic mass is 16.5. The smallest absolute Gasteiger partial charge is 0.266 e. The minimum atomic E-state index is -0.0598. The molecular weight excluding hydrogens is 396 g/mol. The zero-order valence-corrected chi connectivity index (χ0v) is 17.4. The van der Waals surface area contributed by atoms with Crippen LogP contribution in [0, 0.1) is 5.92 Å². The first-order valence-electron chi connectivity index (χ1n) is 10.9. The first-order valence-corrected chi connectivity index (χ1v) is 10.9. The third-order valence-corrected chi connectivity index (χ3v) is 6.11. The lowest BCUT2D eigenvalue weighted by molar-refractivity contribution is 0.159. The van der Waals surface area contributed by atoms with Gasteiger partial charge in [-0.05, 0) is 56.5 Å². The second kappa shape index (κ2) is 9.07. The zero-order valence-electron chi connectivity index (χ0n) is 17.4. The van der Waals surface area contributed by atoms with E-state index in [1.54, 1.807) is 29.2 Å². The summed E-state index contributed by atoms with van der Waals surface area (Å²) in [6.45, 7) is 4.65. The van der Waals surface area contributed by atoms with Crippen molar-refractivity contribution in [3.05, 3.63) is 58.7 Å². The van der Waals surface area contributed by atoms with Crippen molar-refractivity contribution in [2.45, 2.75) is 38.3 Å². The maximum Gasteiger partial charge on any atom is 0.266 e. The summed E-state index contributed by atoms with van der Waals surface area (Å²) >= 11 is 0. The summed E-state index contributed by atoms with van der Waals surface area (Å²) in [4.78, 5) is 23.3. The number of ether oxygens (including phenoxy) is 1. The van der Waals surface area contributed by atoms with Gasteiger partial charge in [-0.15, -0.1) is 0 Å². The third kappa shape index (κ3) is 4.72. The van der Waals surface area contributed by atoms with Gasteiger partial charge in [0.1, 0.15) is 0 Å². The summed E-state index contributed by atoms with van der Waals surface area (Å²) in [5.41, 5.74) is 1.69. The molecule has 2 aliphatic heterocycles. The Hall–Kier alpha value is -2.91. The molecule has 0 aromatic carbocycles. The molecule has 1 atom stereocenters. The lowest BCUT2D eigenvalue weighted by atomic mass is 9.97. The number of pyridine rings is 1. The van der Waals surface area contributed by atoms with E-state index in [2.05, 4.69) is 25.1 Å². The second-order valence-electron chi connectivity index (χ2n) is 8.30. The van der Waals surface area contributed by atoms with Crippen LogP contribution < -0.4 is 5.56 Å². The Kier molecular flexibility index (Phi) is 5.86. The molecule has 9 nitrogen and oxygen atoms in total. The average Bonchev–Trinajstić information content (AvgIpc) is 3.49. The van der Waals surface area contributed by atoms with Gasteiger partial charge in [-0.2, -0.15) is 10.1 Å². The van der Waals surface area contributed by atoms with E-state index < -0.39 is 0 Å². The van der Waals surface area contributed by atoms with Gasteiger partial charge in [0.2, 0.25) is 5.89 Å². The molecule has 2 fully saturated rings. The quantitative estimate of drug-likeness (QED) is 0.596. The van der Waals surface area contributed by atoms with Crippen LogP contribution in [0.1, 0.15) is 36.9 Å². The fourth-order valence-electron chi connectivity index (χ4n) is 4.25. The van der Waals surface area contributed by atoms with E-state index in [-0.39, 0.29) is 11.5 Å². The Balaban J connectivity index is 1.16. The molecule has 0 saturated carbocycles. The fraction of sp³-hybridized carbons (Fsp3) is 0.500. The molecule has 31 heavy (non-hydrogen) atoms. The predicted molar refractivity (Wildman–Crippen MR) is 112 cm³/mol. The number of likely N-dealkylation sites (tertiary alicyclic amines) is 1. The van der Waals surface area contributed by atoms with Crippen LogP contribution in [-0.2, 0) is 17.8 Å². The van der Waals surface area contributed by atoms with Crippen molar-refractivity contribution in [3.63, 3.8) is 0 Å². The zero-order chi connectivity index (χ0) is 21.0. The maximum atomic E-state index is 12.3. The Morgan fingerprint density at radius 3 is 2.68 bits per heavy atom. The molecule has 5 rings (SSSR count). The molecule has 5 heterocycles. The molecule has 3 aromatic heterocycles. The number of aromatic nitrogens is 5. The number of hydrogen-bond donors (Lipinski definition) is 0. The van der Waals surface area contributed by atoms with Crippen LogP contribution in [0.4, 0.5) is 0 Å². The third-order valence-electron chi connectivity index (χ3n) is 6.11. The summed E-state index contributed by atoms with van der Waals surface area (Å²) in [6, 6.07) is 7.17. The number of hydrogen-bond acceptors (Lipinski definition) is 8. The van der Waals surface area contributed by atoms with Crippen LogP contribution >= 0.6 is 0 Å². The lowest BCUT2D eigenvalue weighted by Crippen LogP contribution is -2.36. The molecule has 1 unspecified atom stereocenters. The average molecular weight is 422 g/mol. The summed E-state index contributed by atoms with van der Waals surface area (Å²) in [6.07, 6.45) is 6.43. The van der Waals surface area contributed by atoms with E-state index in [1.165, 1.54) is 0 Å². The molecule has 0 bridgehead atoms. The summed E-state index contributed by atoms with van der Waals surface area (Å²) in [5, 5.41) is 8.73. The van der Waals surface area contributed by atoms with Gasteiger partial charge in [-0.1, -0.05) is 5.16 Å². The van der Waals surface area contributed by atoms with Gasteiger partial charge >= 0.3 is 0 Å². The van der Waals surface area contributed by atoms with Crippen molar-refractivity contribution in [3.8, 4) is 11.3 Å². The highest BCUT2D eigenvalue weighted by Gasteiger charge is 2.25. The number of rotatable bonds is 6. The molecule has 9 heteroatoms. The van der Waals surface area contributed by atoms with Crippen molar-refractivity contribution < 1.29 is 9.26 Å². The van der Waals surface area contributed by atoms with Gasteiger partial charge in [-0.3, -0.25) is 14.7 Å². The number of nitrogens with zero attached hydrogens (tertiary/aromatic N) is 6. The maximum absolute atomic E-state index is 12.3. The molecular formula is C22H26N6O3. The van der Waals surface area contributed by atoms with E-state index in [4.69, 9.17) is 9.26 Å². The highest BCUT2D eigenvalue weighted by Crippen LogP contribution is 2.24. The monoisotopic (exact) mass is 422 g/mol. The van der Waals surface area contributed by atoms with Crippen LogP contribution in [0.3, 0.4) is 0 Å². The van der Waals surface area contributed by atoms with E-state index in [0.717, 1.165) is 56.0 Å². The first kappa shape index (κ1) is 20.0. The van der Waals surface area contributed by atoms with Crippen molar-refractivity contribution >= 4 is 0 Å². The Morgan fingerprint density at radius 1 is 1.06 bits per heavy atom. The predicted octanol–water partition coefficient (Wildman–Crippen LogP) is 2.10. The van der Waals surface area contributed by atoms with Crippen LogP contribution in [0.25, 0.3) is 11.3 Å². The Morgan fingerprint density at radius 2 is 1.90 bits per heavy atom. The Labute approximate surface area is 180 Å². The molecule has 162 valence electrons. The molecule has 0 spiro atoms. The molecule has 3 aromatic rings. The minimum Gasteiger partial charge on any atom is -0.381 e. The topological polar surface area (TPSA) is 99.2 Å². The van der Waals surface area contributed by atoms with Gasteiger partial charge in [0.15, 0.2) is 5.82 Å². The van der Waals surface area contributed by atoms with E-state index in [9.17, 15) is 4.79 Å². The minimum absolute atomic E-state index is 0.0598. The molecule has 0 amide bonds. The van der Waals surface area contributed by atoms with Gasteiger partial charge in [0.25, 0.3) is 5.56 Å². The fourth-order valence-corrected chi connectivity index (χ4v) is 4.25. The second-order valence-corrected chi connectivity index (χ2v) is 8.30.